The second-order valence-electron chi connectivity index (χ2n) is 4.17. The number of carbonyl (C=O) groups is 1. The Balaban J connectivity index is 4.13. The van der Waals surface area contributed by atoms with Gasteiger partial charge in [-0.15, -0.1) is 0 Å². The van der Waals surface area contributed by atoms with Crippen LogP contribution in [0.25, 0.3) is 0 Å². The summed E-state index contributed by atoms with van der Waals surface area (Å²) in [6.07, 6.45) is 2.81. The van der Waals surface area contributed by atoms with E-state index >= 15 is 0 Å². The molecule has 0 bridgehead atoms. The number of carboxylic acid groups (broad SMARTS) is 1. The van der Waals surface area contributed by atoms with E-state index in [9.17, 15) is 4.79 Å². The minimum absolute atomic E-state index is 0.316. The van der Waals surface area contributed by atoms with E-state index in [-0.39, 0.29) is 0 Å². The number of hydrogen-bond donors (Lipinski definition) is 2. The molecular formula is C10H21NO2. The average Bonchev–Trinajstić information content (AvgIpc) is 2.03. The summed E-state index contributed by atoms with van der Waals surface area (Å²) in [5.74, 6) is -0.719. The van der Waals surface area contributed by atoms with Crippen LogP contribution in [-0.2, 0) is 4.79 Å². The first-order valence-electron chi connectivity index (χ1n) is 4.84. The lowest BCUT2D eigenvalue weighted by Gasteiger charge is -2.25. The molecule has 0 fully saturated rings. The van der Waals surface area contributed by atoms with E-state index in [0.717, 1.165) is 12.8 Å². The summed E-state index contributed by atoms with van der Waals surface area (Å²) in [6.45, 7) is 5.66. The molecule has 3 nitrogen and oxygen atoms in total. The van der Waals surface area contributed by atoms with Crippen molar-refractivity contribution in [2.45, 2.75) is 46.1 Å². The van der Waals surface area contributed by atoms with Crippen molar-refractivity contribution in [3.8, 4) is 0 Å². The first kappa shape index (κ1) is 12.4. The summed E-state index contributed by atoms with van der Waals surface area (Å²) < 4.78 is 0. The third-order valence-electron chi connectivity index (χ3n) is 2.38. The Bertz CT molecular complexity index is 166. The molecule has 0 heterocycles. The Morgan fingerprint density at radius 3 is 2.38 bits per heavy atom. The van der Waals surface area contributed by atoms with E-state index < -0.39 is 11.4 Å². The first-order chi connectivity index (χ1) is 5.94. The van der Waals surface area contributed by atoms with Crippen LogP contribution in [0.15, 0.2) is 0 Å². The summed E-state index contributed by atoms with van der Waals surface area (Å²) in [6, 6.07) is 0.316. The topological polar surface area (TPSA) is 49.3 Å². The van der Waals surface area contributed by atoms with Crippen LogP contribution in [0.5, 0.6) is 0 Å². The van der Waals surface area contributed by atoms with Crippen LogP contribution in [0.4, 0.5) is 0 Å². The Morgan fingerprint density at radius 2 is 2.08 bits per heavy atom. The Morgan fingerprint density at radius 1 is 1.54 bits per heavy atom. The van der Waals surface area contributed by atoms with Crippen molar-refractivity contribution >= 4 is 5.97 Å². The second kappa shape index (κ2) is 5.22. The zero-order chi connectivity index (χ0) is 10.5. The summed E-state index contributed by atoms with van der Waals surface area (Å²) in [7, 11) is 1.89. The van der Waals surface area contributed by atoms with E-state index in [1.165, 1.54) is 0 Å². The number of aliphatic carboxylic acids is 1. The maximum absolute atomic E-state index is 10.8. The predicted molar refractivity (Wildman–Crippen MR) is 53.8 cm³/mol. The maximum Gasteiger partial charge on any atom is 0.309 e. The summed E-state index contributed by atoms with van der Waals surface area (Å²) in [5.41, 5.74) is -0.622. The molecule has 0 rings (SSSR count). The molecule has 0 amide bonds. The summed E-state index contributed by atoms with van der Waals surface area (Å²) in [4.78, 5) is 10.8. The normalized spacial score (nSPS) is 14.2. The van der Waals surface area contributed by atoms with Crippen molar-refractivity contribution in [3.05, 3.63) is 0 Å². The highest BCUT2D eigenvalue weighted by molar-refractivity contribution is 5.73. The molecule has 0 aliphatic carbocycles. The van der Waals surface area contributed by atoms with E-state index in [2.05, 4.69) is 12.2 Å². The van der Waals surface area contributed by atoms with Gasteiger partial charge in [0.25, 0.3) is 0 Å². The van der Waals surface area contributed by atoms with Gasteiger partial charge in [-0.1, -0.05) is 13.3 Å². The molecule has 1 atom stereocenters. The molecule has 1 unspecified atom stereocenters. The fourth-order valence-corrected chi connectivity index (χ4v) is 1.40. The van der Waals surface area contributed by atoms with Crippen LogP contribution in [0.3, 0.4) is 0 Å². The van der Waals surface area contributed by atoms with Crippen LogP contribution < -0.4 is 5.32 Å². The fourth-order valence-electron chi connectivity index (χ4n) is 1.40. The molecule has 3 heteroatoms. The number of carboxylic acids is 1. The van der Waals surface area contributed by atoms with Crippen LogP contribution in [-0.4, -0.2) is 24.2 Å². The van der Waals surface area contributed by atoms with Crippen LogP contribution >= 0.6 is 0 Å². The van der Waals surface area contributed by atoms with Gasteiger partial charge in [0, 0.05) is 6.04 Å². The molecule has 0 saturated heterocycles. The molecular weight excluding hydrogens is 166 g/mol. The largest absolute Gasteiger partial charge is 0.481 e. The molecule has 78 valence electrons. The molecule has 0 aromatic heterocycles. The van der Waals surface area contributed by atoms with Crippen molar-refractivity contribution in [1.82, 2.24) is 5.32 Å². The van der Waals surface area contributed by atoms with Crippen molar-refractivity contribution in [2.75, 3.05) is 7.05 Å². The first-order valence-corrected chi connectivity index (χ1v) is 4.84. The van der Waals surface area contributed by atoms with Crippen LogP contribution in [0, 0.1) is 5.41 Å². The molecule has 0 spiro atoms. The molecule has 0 radical (unpaired) electrons. The molecule has 0 aromatic carbocycles. The molecule has 0 aliphatic rings. The van der Waals surface area contributed by atoms with Gasteiger partial charge < -0.3 is 10.4 Å². The monoisotopic (exact) mass is 187 g/mol. The molecule has 13 heavy (non-hydrogen) atoms. The van der Waals surface area contributed by atoms with Crippen molar-refractivity contribution in [2.24, 2.45) is 5.41 Å². The zero-order valence-electron chi connectivity index (χ0n) is 9.05. The van der Waals surface area contributed by atoms with E-state index in [4.69, 9.17) is 5.11 Å². The van der Waals surface area contributed by atoms with Gasteiger partial charge in [-0.05, 0) is 33.7 Å². The van der Waals surface area contributed by atoms with Crippen molar-refractivity contribution in [1.29, 1.82) is 0 Å². The second-order valence-corrected chi connectivity index (χ2v) is 4.17. The highest BCUT2D eigenvalue weighted by Gasteiger charge is 2.29. The Hall–Kier alpha value is -0.570. The SMILES string of the molecule is CCCC(CC(C)(C)C(=O)O)NC. The highest BCUT2D eigenvalue weighted by Crippen LogP contribution is 2.23. The van der Waals surface area contributed by atoms with E-state index in [0.29, 0.717) is 12.5 Å². The van der Waals surface area contributed by atoms with Gasteiger partial charge in [0.2, 0.25) is 0 Å². The van der Waals surface area contributed by atoms with Gasteiger partial charge in [0.1, 0.15) is 0 Å². The molecule has 0 saturated carbocycles. The smallest absolute Gasteiger partial charge is 0.309 e. The predicted octanol–water partition coefficient (Wildman–Crippen LogP) is 1.88. The minimum Gasteiger partial charge on any atom is -0.481 e. The van der Waals surface area contributed by atoms with Gasteiger partial charge in [-0.25, -0.2) is 0 Å². The lowest BCUT2D eigenvalue weighted by atomic mass is 9.84. The Kier molecular flexibility index (Phi) is 4.99. The molecule has 0 aliphatic heterocycles. The van der Waals surface area contributed by atoms with Crippen LogP contribution in [0.2, 0.25) is 0 Å². The average molecular weight is 187 g/mol. The zero-order valence-corrected chi connectivity index (χ0v) is 9.05. The number of rotatable bonds is 6. The number of hydrogen-bond acceptors (Lipinski definition) is 2. The third kappa shape index (κ3) is 4.27. The van der Waals surface area contributed by atoms with Gasteiger partial charge in [0.05, 0.1) is 5.41 Å². The minimum atomic E-state index is -0.719. The van der Waals surface area contributed by atoms with Gasteiger partial charge >= 0.3 is 5.97 Å². The fraction of sp³-hybridized carbons (Fsp3) is 0.900. The van der Waals surface area contributed by atoms with Gasteiger partial charge in [-0.3, -0.25) is 4.79 Å². The quantitative estimate of drug-likeness (QED) is 0.667. The van der Waals surface area contributed by atoms with E-state index in [1.807, 2.05) is 7.05 Å². The molecule has 2 N–H and O–H groups in total. The summed E-state index contributed by atoms with van der Waals surface area (Å²) >= 11 is 0. The summed E-state index contributed by atoms with van der Waals surface area (Å²) in [5, 5.41) is 12.1. The third-order valence-corrected chi connectivity index (χ3v) is 2.38. The van der Waals surface area contributed by atoms with Crippen molar-refractivity contribution in [3.63, 3.8) is 0 Å². The highest BCUT2D eigenvalue weighted by atomic mass is 16.4. The van der Waals surface area contributed by atoms with E-state index in [1.54, 1.807) is 13.8 Å². The lowest BCUT2D eigenvalue weighted by Crippen LogP contribution is -2.35. The number of nitrogens with one attached hydrogen (secondary N) is 1. The van der Waals surface area contributed by atoms with Crippen molar-refractivity contribution < 1.29 is 9.90 Å². The van der Waals surface area contributed by atoms with Crippen LogP contribution in [0.1, 0.15) is 40.0 Å². The maximum atomic E-state index is 10.8. The molecule has 0 aromatic rings. The van der Waals surface area contributed by atoms with Gasteiger partial charge in [-0.2, -0.15) is 0 Å². The standard InChI is InChI=1S/C10H21NO2/c1-5-6-8(11-4)7-10(2,3)9(12)13/h8,11H,5-7H2,1-4H3,(H,12,13). The van der Waals surface area contributed by atoms with Gasteiger partial charge in [0.15, 0.2) is 0 Å². The Labute approximate surface area is 80.5 Å². The lowest BCUT2D eigenvalue weighted by molar-refractivity contribution is -0.147.